The highest BCUT2D eigenvalue weighted by Gasteiger charge is 2.39. The Kier molecular flexibility index (Phi) is 5.73. The molecule has 25 heavy (non-hydrogen) atoms. The van der Waals surface area contributed by atoms with Crippen LogP contribution in [0.5, 0.6) is 5.75 Å². The molecule has 0 radical (unpaired) electrons. The molecule has 0 saturated carbocycles. The topological polar surface area (TPSA) is 60.0 Å². The van der Waals surface area contributed by atoms with Crippen LogP contribution in [-0.4, -0.2) is 56.1 Å². The number of likely N-dealkylation sites (tertiary alicyclic amines) is 1. The fourth-order valence-corrected chi connectivity index (χ4v) is 3.24. The molecule has 2 heterocycles. The van der Waals surface area contributed by atoms with Crippen molar-refractivity contribution in [3.05, 3.63) is 23.2 Å². The predicted octanol–water partition coefficient (Wildman–Crippen LogP) is 2.72. The fraction of sp³-hybridized carbons (Fsp3) is 0.562. The van der Waals surface area contributed by atoms with Crippen molar-refractivity contribution in [2.75, 3.05) is 38.2 Å². The van der Waals surface area contributed by atoms with Gasteiger partial charge in [0.1, 0.15) is 5.75 Å². The van der Waals surface area contributed by atoms with E-state index in [1.165, 1.54) is 18.2 Å². The maximum Gasteiger partial charge on any atom is 0.387 e. The molecule has 1 N–H and O–H groups in total. The highest BCUT2D eigenvalue weighted by atomic mass is 35.5. The monoisotopic (exact) mass is 376 g/mol. The maximum atomic E-state index is 12.2. The van der Waals surface area contributed by atoms with E-state index in [4.69, 9.17) is 21.1 Å². The van der Waals surface area contributed by atoms with E-state index in [9.17, 15) is 13.6 Å². The molecule has 0 atom stereocenters. The van der Waals surface area contributed by atoms with E-state index in [1.54, 1.807) is 0 Å². The third-order valence-electron chi connectivity index (χ3n) is 4.23. The number of piperidine rings is 1. The first kappa shape index (κ1) is 18.3. The van der Waals surface area contributed by atoms with Gasteiger partial charge >= 0.3 is 6.61 Å². The van der Waals surface area contributed by atoms with Crippen LogP contribution in [0.4, 0.5) is 14.5 Å². The van der Waals surface area contributed by atoms with E-state index in [0.29, 0.717) is 32.0 Å². The summed E-state index contributed by atoms with van der Waals surface area (Å²) in [5, 5.41) is 2.71. The summed E-state index contributed by atoms with van der Waals surface area (Å²) in [7, 11) is 0. The molecule has 1 amide bonds. The Morgan fingerprint density at radius 1 is 1.32 bits per heavy atom. The predicted molar refractivity (Wildman–Crippen MR) is 87.0 cm³/mol. The summed E-state index contributed by atoms with van der Waals surface area (Å²) < 4.78 is 40.0. The second-order valence-corrected chi connectivity index (χ2v) is 6.36. The Hall–Kier alpha value is -1.48. The second kappa shape index (κ2) is 7.82. The van der Waals surface area contributed by atoms with E-state index in [0.717, 1.165) is 12.8 Å². The van der Waals surface area contributed by atoms with Crippen LogP contribution in [-0.2, 0) is 14.3 Å². The van der Waals surface area contributed by atoms with Gasteiger partial charge in [-0.3, -0.25) is 9.69 Å². The van der Waals surface area contributed by atoms with Gasteiger partial charge in [0.05, 0.1) is 24.8 Å². The summed E-state index contributed by atoms with van der Waals surface area (Å²) >= 11 is 5.87. The number of carbonyl (C=O) groups excluding carboxylic acids is 1. The lowest BCUT2D eigenvalue weighted by molar-refractivity contribution is -0.185. The maximum absolute atomic E-state index is 12.2. The average molecular weight is 377 g/mol. The summed E-state index contributed by atoms with van der Waals surface area (Å²) in [5.74, 6) is -0.809. The number of amides is 1. The number of nitrogens with one attached hydrogen (secondary N) is 1. The molecule has 138 valence electrons. The van der Waals surface area contributed by atoms with E-state index in [1.807, 2.05) is 4.90 Å². The van der Waals surface area contributed by atoms with Crippen LogP contribution in [0.3, 0.4) is 0 Å². The SMILES string of the molecule is O=C(CN1CCC2(CC1)OCCO2)Nc1ccc(OC(F)F)c(Cl)c1. The zero-order valence-corrected chi connectivity index (χ0v) is 14.2. The zero-order chi connectivity index (χ0) is 17.9. The highest BCUT2D eigenvalue weighted by Crippen LogP contribution is 2.31. The molecule has 1 aromatic carbocycles. The largest absolute Gasteiger partial charge is 0.433 e. The number of alkyl halides is 2. The number of carbonyl (C=O) groups is 1. The molecule has 2 aliphatic rings. The minimum Gasteiger partial charge on any atom is -0.433 e. The van der Waals surface area contributed by atoms with Gasteiger partial charge in [-0.2, -0.15) is 8.78 Å². The number of rotatable bonds is 5. The quantitative estimate of drug-likeness (QED) is 0.856. The molecule has 0 aromatic heterocycles. The van der Waals surface area contributed by atoms with Gasteiger partial charge in [0.15, 0.2) is 5.79 Å². The Morgan fingerprint density at radius 2 is 2.00 bits per heavy atom. The standard InChI is InChI=1S/C16H19ClF2N2O4/c17-12-9-11(1-2-13(12)25-15(18)19)20-14(22)10-21-5-3-16(4-6-21)23-7-8-24-16/h1-2,9,15H,3-8,10H2,(H,20,22). The van der Waals surface area contributed by atoms with Crippen molar-refractivity contribution in [2.45, 2.75) is 25.2 Å². The molecule has 0 bridgehead atoms. The van der Waals surface area contributed by atoms with Crippen molar-refractivity contribution < 1.29 is 27.8 Å². The van der Waals surface area contributed by atoms with Crippen LogP contribution >= 0.6 is 11.6 Å². The average Bonchev–Trinajstić information content (AvgIpc) is 3.00. The summed E-state index contributed by atoms with van der Waals surface area (Å²) in [6.07, 6.45) is 1.46. The van der Waals surface area contributed by atoms with Crippen molar-refractivity contribution in [1.29, 1.82) is 0 Å². The zero-order valence-electron chi connectivity index (χ0n) is 13.5. The van der Waals surface area contributed by atoms with Crippen molar-refractivity contribution in [2.24, 2.45) is 0 Å². The molecule has 2 saturated heterocycles. The first-order valence-electron chi connectivity index (χ1n) is 8.00. The van der Waals surface area contributed by atoms with E-state index >= 15 is 0 Å². The van der Waals surface area contributed by atoms with Crippen LogP contribution in [0, 0.1) is 0 Å². The van der Waals surface area contributed by atoms with Crippen molar-refractivity contribution >= 4 is 23.2 Å². The first-order chi connectivity index (χ1) is 12.0. The first-order valence-corrected chi connectivity index (χ1v) is 8.38. The Bertz CT molecular complexity index is 616. The molecule has 2 aliphatic heterocycles. The molecule has 2 fully saturated rings. The molecule has 1 spiro atoms. The normalized spacial score (nSPS) is 20.2. The molecule has 6 nitrogen and oxygen atoms in total. The van der Waals surface area contributed by atoms with Crippen LogP contribution in [0.15, 0.2) is 18.2 Å². The minimum absolute atomic E-state index is 0.00791. The van der Waals surface area contributed by atoms with Gasteiger partial charge in [-0.15, -0.1) is 0 Å². The van der Waals surface area contributed by atoms with E-state index in [-0.39, 0.29) is 23.2 Å². The number of ether oxygens (including phenoxy) is 3. The Morgan fingerprint density at radius 3 is 2.60 bits per heavy atom. The number of halogens is 3. The Balaban J connectivity index is 1.49. The van der Waals surface area contributed by atoms with Gasteiger partial charge in [-0.05, 0) is 18.2 Å². The summed E-state index contributed by atoms with van der Waals surface area (Å²) in [5.41, 5.74) is 0.424. The third-order valence-corrected chi connectivity index (χ3v) is 4.53. The van der Waals surface area contributed by atoms with Crippen molar-refractivity contribution in [3.8, 4) is 5.75 Å². The highest BCUT2D eigenvalue weighted by molar-refractivity contribution is 6.32. The Labute approximate surface area is 149 Å². The molecule has 0 aliphatic carbocycles. The number of hydrogen-bond acceptors (Lipinski definition) is 5. The third kappa shape index (κ3) is 4.78. The molecular weight excluding hydrogens is 358 g/mol. The molecule has 9 heteroatoms. The summed E-state index contributed by atoms with van der Waals surface area (Å²) in [6, 6.07) is 4.14. The lowest BCUT2D eigenvalue weighted by Crippen LogP contribution is -2.47. The van der Waals surface area contributed by atoms with Gasteiger partial charge in [0, 0.05) is 31.6 Å². The van der Waals surface area contributed by atoms with E-state index in [2.05, 4.69) is 10.1 Å². The molecule has 3 rings (SSSR count). The van der Waals surface area contributed by atoms with Crippen molar-refractivity contribution in [1.82, 2.24) is 4.90 Å². The molecule has 1 aromatic rings. The fourth-order valence-electron chi connectivity index (χ4n) is 3.01. The number of anilines is 1. The van der Waals surface area contributed by atoms with Crippen molar-refractivity contribution in [3.63, 3.8) is 0 Å². The van der Waals surface area contributed by atoms with Gasteiger partial charge in [-0.1, -0.05) is 11.6 Å². The number of benzene rings is 1. The minimum atomic E-state index is -2.95. The second-order valence-electron chi connectivity index (χ2n) is 5.96. The van der Waals surface area contributed by atoms with Gasteiger partial charge in [0.2, 0.25) is 5.91 Å². The lowest BCUT2D eigenvalue weighted by atomic mass is 10.0. The molecular formula is C16H19ClF2N2O4. The van der Waals surface area contributed by atoms with Gasteiger partial charge in [0.25, 0.3) is 0 Å². The lowest BCUT2D eigenvalue weighted by Gasteiger charge is -2.37. The van der Waals surface area contributed by atoms with Crippen LogP contribution in [0.1, 0.15) is 12.8 Å². The van der Waals surface area contributed by atoms with Gasteiger partial charge < -0.3 is 19.5 Å². The number of nitrogens with zero attached hydrogens (tertiary/aromatic N) is 1. The van der Waals surface area contributed by atoms with E-state index < -0.39 is 12.4 Å². The molecule has 0 unspecified atom stereocenters. The smallest absolute Gasteiger partial charge is 0.387 e. The summed E-state index contributed by atoms with van der Waals surface area (Å²) in [6.45, 7) is -0.0830. The van der Waals surface area contributed by atoms with Crippen LogP contribution in [0.25, 0.3) is 0 Å². The summed E-state index contributed by atoms with van der Waals surface area (Å²) in [4.78, 5) is 14.2. The van der Waals surface area contributed by atoms with Gasteiger partial charge in [-0.25, -0.2) is 0 Å². The van der Waals surface area contributed by atoms with Crippen LogP contribution < -0.4 is 10.1 Å². The van der Waals surface area contributed by atoms with Crippen LogP contribution in [0.2, 0.25) is 5.02 Å². The number of hydrogen-bond donors (Lipinski definition) is 1.